The van der Waals surface area contributed by atoms with E-state index in [0.717, 1.165) is 13.1 Å². The van der Waals surface area contributed by atoms with Crippen LogP contribution in [0.2, 0.25) is 0 Å². The lowest BCUT2D eigenvalue weighted by molar-refractivity contribution is -0.120. The highest BCUT2D eigenvalue weighted by Crippen LogP contribution is 1.80. The van der Waals surface area contributed by atoms with Gasteiger partial charge in [-0.2, -0.15) is 0 Å². The summed E-state index contributed by atoms with van der Waals surface area (Å²) in [7, 11) is 5.21. The van der Waals surface area contributed by atoms with Crippen LogP contribution >= 0.6 is 0 Å². The molecule has 0 aliphatic heterocycles. The first-order valence-corrected chi connectivity index (χ1v) is 5.50. The second-order valence-electron chi connectivity index (χ2n) is 3.64. The number of carbonyl (C=O) groups is 2. The summed E-state index contributed by atoms with van der Waals surface area (Å²) >= 11 is 0. The molecule has 17 heavy (non-hydrogen) atoms. The molecule has 0 atom stereocenters. The van der Waals surface area contributed by atoms with Gasteiger partial charge in [0.25, 0.3) is 0 Å². The number of hydrogen-bond acceptors (Lipinski definition) is 5. The Morgan fingerprint density at radius 2 is 2.00 bits per heavy atom. The first-order valence-electron chi connectivity index (χ1n) is 5.50. The second-order valence-corrected chi connectivity index (χ2v) is 3.64. The van der Waals surface area contributed by atoms with Crippen LogP contribution in [0.5, 0.6) is 0 Å². The Kier molecular flexibility index (Phi) is 9.31. The van der Waals surface area contributed by atoms with Crippen molar-refractivity contribution in [2.24, 2.45) is 0 Å². The third-order valence-corrected chi connectivity index (χ3v) is 2.00. The normalized spacial score (nSPS) is 10.4. The second kappa shape index (κ2) is 10.0. The molecule has 0 bridgehead atoms. The number of amides is 3. The van der Waals surface area contributed by atoms with Crippen molar-refractivity contribution in [1.82, 2.24) is 20.9 Å². The van der Waals surface area contributed by atoms with E-state index in [1.807, 2.05) is 19.0 Å². The van der Waals surface area contributed by atoms with Crippen LogP contribution in [-0.4, -0.2) is 70.8 Å². The predicted molar refractivity (Wildman–Crippen MR) is 64.8 cm³/mol. The molecule has 0 fully saturated rings. The molecule has 0 heterocycles. The van der Waals surface area contributed by atoms with Crippen LogP contribution in [0.4, 0.5) is 4.79 Å². The molecule has 0 aromatic rings. The van der Waals surface area contributed by atoms with E-state index in [2.05, 4.69) is 16.0 Å². The van der Waals surface area contributed by atoms with Crippen molar-refractivity contribution in [3.05, 3.63) is 0 Å². The van der Waals surface area contributed by atoms with Crippen molar-refractivity contribution in [1.29, 1.82) is 0 Å². The third kappa shape index (κ3) is 9.73. The van der Waals surface area contributed by atoms with Gasteiger partial charge in [0, 0.05) is 26.7 Å². The topological polar surface area (TPSA) is 82.7 Å². The molecular weight excluding hydrogens is 224 g/mol. The first-order chi connectivity index (χ1) is 8.10. The van der Waals surface area contributed by atoms with E-state index >= 15 is 0 Å². The molecule has 100 valence electrons. The summed E-state index contributed by atoms with van der Waals surface area (Å²) in [4.78, 5) is 24.4. The fourth-order valence-electron chi connectivity index (χ4n) is 1.10. The van der Waals surface area contributed by atoms with Gasteiger partial charge in [0.15, 0.2) is 0 Å². The molecule has 0 unspecified atom stereocenters. The average Bonchev–Trinajstić information content (AvgIpc) is 2.26. The summed E-state index contributed by atoms with van der Waals surface area (Å²) in [5, 5.41) is 7.72. The number of urea groups is 1. The van der Waals surface area contributed by atoms with Crippen LogP contribution in [0.25, 0.3) is 0 Å². The van der Waals surface area contributed by atoms with Crippen molar-refractivity contribution in [2.75, 3.05) is 54.0 Å². The molecule has 7 nitrogen and oxygen atoms in total. The molecule has 0 aromatic heterocycles. The van der Waals surface area contributed by atoms with E-state index in [4.69, 9.17) is 4.74 Å². The number of ether oxygens (including phenoxy) is 1. The maximum absolute atomic E-state index is 11.4. The zero-order valence-electron chi connectivity index (χ0n) is 10.7. The molecule has 0 radical (unpaired) electrons. The minimum absolute atomic E-state index is 0.194. The van der Waals surface area contributed by atoms with E-state index in [1.54, 1.807) is 7.11 Å². The number of rotatable bonds is 8. The van der Waals surface area contributed by atoms with E-state index in [-0.39, 0.29) is 12.5 Å². The largest absolute Gasteiger partial charge is 0.383 e. The van der Waals surface area contributed by atoms with Crippen LogP contribution in [0.3, 0.4) is 0 Å². The average molecular weight is 246 g/mol. The van der Waals surface area contributed by atoms with Gasteiger partial charge < -0.3 is 15.4 Å². The van der Waals surface area contributed by atoms with Crippen molar-refractivity contribution in [3.8, 4) is 0 Å². The van der Waals surface area contributed by atoms with Crippen LogP contribution in [-0.2, 0) is 9.53 Å². The molecule has 0 aliphatic carbocycles. The predicted octanol–water partition coefficient (Wildman–Crippen LogP) is -1.39. The fraction of sp³-hybridized carbons (Fsp3) is 0.800. The SMILES string of the molecule is CNCCN(C)CC(=O)NC(=O)NCCOC. The van der Waals surface area contributed by atoms with Gasteiger partial charge in [0.2, 0.25) is 5.91 Å². The lowest BCUT2D eigenvalue weighted by Crippen LogP contribution is -2.45. The monoisotopic (exact) mass is 246 g/mol. The van der Waals surface area contributed by atoms with Gasteiger partial charge in [0.05, 0.1) is 13.2 Å². The summed E-state index contributed by atoms with van der Waals surface area (Å²) in [6, 6.07) is -0.492. The third-order valence-electron chi connectivity index (χ3n) is 2.00. The molecule has 0 saturated carbocycles. The minimum atomic E-state index is -0.492. The zero-order valence-corrected chi connectivity index (χ0v) is 10.7. The Balaban J connectivity index is 3.66. The number of methoxy groups -OCH3 is 1. The van der Waals surface area contributed by atoms with E-state index in [0.29, 0.717) is 13.2 Å². The number of imide groups is 1. The van der Waals surface area contributed by atoms with Crippen molar-refractivity contribution in [3.63, 3.8) is 0 Å². The summed E-state index contributed by atoms with van der Waals surface area (Å²) < 4.78 is 4.76. The van der Waals surface area contributed by atoms with Gasteiger partial charge >= 0.3 is 6.03 Å². The van der Waals surface area contributed by atoms with Crippen LogP contribution in [0, 0.1) is 0 Å². The Labute approximate surface area is 102 Å². The summed E-state index contributed by atoms with van der Waals surface area (Å²) in [6.45, 7) is 2.54. The van der Waals surface area contributed by atoms with Crippen molar-refractivity contribution in [2.45, 2.75) is 0 Å². The quantitative estimate of drug-likeness (QED) is 0.459. The van der Waals surface area contributed by atoms with Gasteiger partial charge in [-0.25, -0.2) is 4.79 Å². The van der Waals surface area contributed by atoms with E-state index in [1.165, 1.54) is 0 Å². The summed E-state index contributed by atoms with van der Waals surface area (Å²) in [6.07, 6.45) is 0. The first kappa shape index (κ1) is 15.8. The molecule has 0 aliphatic rings. The fourth-order valence-corrected chi connectivity index (χ4v) is 1.10. The van der Waals surface area contributed by atoms with E-state index < -0.39 is 6.03 Å². The summed E-state index contributed by atoms with van der Waals surface area (Å²) in [5.74, 6) is -0.321. The molecule has 0 spiro atoms. The standard InChI is InChI=1S/C10H22N4O3/c1-11-4-6-14(2)8-9(15)13-10(16)12-5-7-17-3/h11H,4-8H2,1-3H3,(H2,12,13,15,16). The molecule has 7 heteroatoms. The molecule has 3 N–H and O–H groups in total. The Hall–Kier alpha value is -1.18. The molecule has 0 saturated heterocycles. The zero-order chi connectivity index (χ0) is 13.1. The van der Waals surface area contributed by atoms with Crippen LogP contribution in [0.15, 0.2) is 0 Å². The lowest BCUT2D eigenvalue weighted by atomic mass is 10.5. The van der Waals surface area contributed by atoms with Crippen molar-refractivity contribution >= 4 is 11.9 Å². The number of nitrogens with zero attached hydrogens (tertiary/aromatic N) is 1. The Bertz CT molecular complexity index is 236. The van der Waals surface area contributed by atoms with Gasteiger partial charge in [-0.1, -0.05) is 0 Å². The molecular formula is C10H22N4O3. The van der Waals surface area contributed by atoms with Gasteiger partial charge in [0.1, 0.15) is 0 Å². The van der Waals surface area contributed by atoms with Gasteiger partial charge in [-0.05, 0) is 14.1 Å². The number of nitrogens with one attached hydrogen (secondary N) is 3. The van der Waals surface area contributed by atoms with E-state index in [9.17, 15) is 9.59 Å². The molecule has 3 amide bonds. The minimum Gasteiger partial charge on any atom is -0.383 e. The van der Waals surface area contributed by atoms with Crippen molar-refractivity contribution < 1.29 is 14.3 Å². The summed E-state index contributed by atoms with van der Waals surface area (Å²) in [5.41, 5.74) is 0. The Morgan fingerprint density at radius 1 is 1.29 bits per heavy atom. The number of hydrogen-bond donors (Lipinski definition) is 3. The number of likely N-dealkylation sites (N-methyl/N-ethyl adjacent to an activating group) is 2. The highest BCUT2D eigenvalue weighted by molar-refractivity contribution is 5.95. The smallest absolute Gasteiger partial charge is 0.321 e. The van der Waals surface area contributed by atoms with Gasteiger partial charge in [-0.3, -0.25) is 15.0 Å². The lowest BCUT2D eigenvalue weighted by Gasteiger charge is -2.15. The number of carbonyl (C=O) groups excluding carboxylic acids is 2. The van der Waals surface area contributed by atoms with Crippen LogP contribution in [0.1, 0.15) is 0 Å². The maximum Gasteiger partial charge on any atom is 0.321 e. The Morgan fingerprint density at radius 3 is 2.59 bits per heavy atom. The maximum atomic E-state index is 11.4. The highest BCUT2D eigenvalue weighted by Gasteiger charge is 2.09. The van der Waals surface area contributed by atoms with Crippen LogP contribution < -0.4 is 16.0 Å². The molecule has 0 aromatic carbocycles. The molecule has 0 rings (SSSR count). The van der Waals surface area contributed by atoms with Gasteiger partial charge in [-0.15, -0.1) is 0 Å². The highest BCUT2D eigenvalue weighted by atomic mass is 16.5.